The molecule has 330 valence electrons. The Morgan fingerprint density at radius 2 is 0.353 bits per heavy atom. The van der Waals surface area contributed by atoms with Crippen LogP contribution in [-0.4, -0.2) is 0 Å². The topological polar surface area (TPSA) is 73.8 Å². The third-order valence-electron chi connectivity index (χ3n) is 10.3. The fourth-order valence-corrected chi connectivity index (χ4v) is 7.13. The minimum absolute atomic E-state index is 0.605. The molecule has 10 rings (SSSR count). The molecule has 10 aromatic rings. The molecule has 0 spiro atoms. The second kappa shape index (κ2) is 20.6. The third-order valence-corrected chi connectivity index (χ3v) is 10.3. The van der Waals surface area contributed by atoms with E-state index in [9.17, 15) is 0 Å². The van der Waals surface area contributed by atoms with Gasteiger partial charge in [0.15, 0.2) is 0 Å². The van der Waals surface area contributed by atoms with E-state index in [0.717, 1.165) is 34.1 Å². The Hall–Kier alpha value is -9.40. The van der Waals surface area contributed by atoms with Crippen LogP contribution < -0.4 is 37.9 Å². The highest BCUT2D eigenvalue weighted by atomic mass is 16.5. The van der Waals surface area contributed by atoms with Gasteiger partial charge in [0.1, 0.15) is 92.0 Å². The molecule has 0 unspecified atom stereocenters. The average molecular weight is 891 g/mol. The number of para-hydroxylation sites is 4. The van der Waals surface area contributed by atoms with Crippen molar-refractivity contribution in [1.82, 2.24) is 0 Å². The first-order valence-electron chi connectivity index (χ1n) is 21.9. The number of hydrogen-bond donors (Lipinski definition) is 0. The van der Waals surface area contributed by atoms with Crippen molar-refractivity contribution < 1.29 is 37.9 Å². The van der Waals surface area contributed by atoms with Crippen LogP contribution in [0.25, 0.3) is 11.1 Å². The van der Waals surface area contributed by atoms with E-state index in [-0.39, 0.29) is 0 Å². The molecule has 0 bridgehead atoms. The summed E-state index contributed by atoms with van der Waals surface area (Å²) >= 11 is 0. The predicted octanol–water partition coefficient (Wildman–Crippen LogP) is 17.7. The number of benzene rings is 10. The van der Waals surface area contributed by atoms with Crippen molar-refractivity contribution in [3.05, 3.63) is 255 Å². The molecular formula is C60H42O8. The minimum atomic E-state index is 0.605. The smallest absolute Gasteiger partial charge is 0.135 e. The van der Waals surface area contributed by atoms with Crippen LogP contribution >= 0.6 is 0 Å². The summed E-state index contributed by atoms with van der Waals surface area (Å²) in [4.78, 5) is 0. The van der Waals surface area contributed by atoms with E-state index in [0.29, 0.717) is 69.0 Å². The van der Waals surface area contributed by atoms with Crippen LogP contribution in [0.5, 0.6) is 92.0 Å². The molecule has 10 aromatic carbocycles. The lowest BCUT2D eigenvalue weighted by molar-refractivity contribution is 0.450. The fourth-order valence-electron chi connectivity index (χ4n) is 7.13. The summed E-state index contributed by atoms with van der Waals surface area (Å²) < 4.78 is 49.6. The van der Waals surface area contributed by atoms with E-state index >= 15 is 0 Å². The fraction of sp³-hybridized carbons (Fsp3) is 0. The van der Waals surface area contributed by atoms with Gasteiger partial charge in [0.25, 0.3) is 0 Å². The third kappa shape index (κ3) is 11.3. The maximum absolute atomic E-state index is 6.53. The molecule has 0 saturated carbocycles. The molecular weight excluding hydrogens is 849 g/mol. The molecule has 0 aliphatic heterocycles. The molecule has 0 saturated heterocycles. The van der Waals surface area contributed by atoms with Gasteiger partial charge in [-0.15, -0.1) is 0 Å². The van der Waals surface area contributed by atoms with Crippen LogP contribution in [0.4, 0.5) is 0 Å². The van der Waals surface area contributed by atoms with E-state index in [1.807, 2.05) is 255 Å². The maximum Gasteiger partial charge on any atom is 0.135 e. The van der Waals surface area contributed by atoms with Gasteiger partial charge in [0, 0.05) is 29.3 Å². The second-order valence-corrected chi connectivity index (χ2v) is 15.3. The van der Waals surface area contributed by atoms with Crippen molar-refractivity contribution >= 4 is 0 Å². The van der Waals surface area contributed by atoms with Gasteiger partial charge in [0.2, 0.25) is 0 Å². The van der Waals surface area contributed by atoms with Crippen LogP contribution in [0.3, 0.4) is 0 Å². The molecule has 0 aliphatic rings. The van der Waals surface area contributed by atoms with Crippen molar-refractivity contribution in [3.8, 4) is 103 Å². The Bertz CT molecular complexity index is 3210. The van der Waals surface area contributed by atoms with Crippen LogP contribution in [0.15, 0.2) is 255 Å². The van der Waals surface area contributed by atoms with Gasteiger partial charge in [-0.2, -0.15) is 0 Å². The quantitative estimate of drug-likeness (QED) is 0.0895. The molecule has 0 fully saturated rings. The van der Waals surface area contributed by atoms with Crippen molar-refractivity contribution in [2.45, 2.75) is 0 Å². The molecule has 0 atom stereocenters. The van der Waals surface area contributed by atoms with Gasteiger partial charge in [0.05, 0.1) is 0 Å². The van der Waals surface area contributed by atoms with E-state index in [4.69, 9.17) is 37.9 Å². The Morgan fingerprint density at radius 1 is 0.147 bits per heavy atom. The van der Waals surface area contributed by atoms with Crippen molar-refractivity contribution in [2.24, 2.45) is 0 Å². The first kappa shape index (κ1) is 42.5. The van der Waals surface area contributed by atoms with Gasteiger partial charge in [-0.25, -0.2) is 0 Å². The van der Waals surface area contributed by atoms with Crippen LogP contribution in [0.1, 0.15) is 0 Å². The van der Waals surface area contributed by atoms with Gasteiger partial charge in [-0.1, -0.05) is 91.0 Å². The predicted molar refractivity (Wildman–Crippen MR) is 264 cm³/mol. The highest BCUT2D eigenvalue weighted by Crippen LogP contribution is 2.41. The summed E-state index contributed by atoms with van der Waals surface area (Å²) in [6, 6.07) is 80.0. The highest BCUT2D eigenvalue weighted by molar-refractivity contribution is 5.76. The number of ether oxygens (including phenoxy) is 8. The molecule has 0 N–H and O–H groups in total. The van der Waals surface area contributed by atoms with Crippen LogP contribution in [0, 0.1) is 0 Å². The summed E-state index contributed by atoms with van der Waals surface area (Å²) in [7, 11) is 0. The van der Waals surface area contributed by atoms with Gasteiger partial charge in [-0.05, 0) is 146 Å². The van der Waals surface area contributed by atoms with E-state index in [2.05, 4.69) is 0 Å². The molecule has 8 nitrogen and oxygen atoms in total. The zero-order valence-electron chi connectivity index (χ0n) is 36.5. The Kier molecular flexibility index (Phi) is 12.9. The first-order chi connectivity index (χ1) is 33.6. The van der Waals surface area contributed by atoms with Gasteiger partial charge >= 0.3 is 0 Å². The summed E-state index contributed by atoms with van der Waals surface area (Å²) in [6.07, 6.45) is 0. The lowest BCUT2D eigenvalue weighted by Crippen LogP contribution is -1.93. The molecule has 0 aromatic heterocycles. The lowest BCUT2D eigenvalue weighted by Gasteiger charge is -2.16. The molecule has 8 heteroatoms. The summed E-state index contributed by atoms with van der Waals surface area (Å²) in [5.41, 5.74) is 1.72. The van der Waals surface area contributed by atoms with Crippen LogP contribution in [0.2, 0.25) is 0 Å². The van der Waals surface area contributed by atoms with E-state index < -0.39 is 0 Å². The summed E-state index contributed by atoms with van der Waals surface area (Å²) in [5.74, 6) is 10.7. The Balaban J connectivity index is 0.763. The monoisotopic (exact) mass is 890 g/mol. The normalized spacial score (nSPS) is 10.6. The van der Waals surface area contributed by atoms with E-state index in [1.54, 1.807) is 0 Å². The van der Waals surface area contributed by atoms with Crippen molar-refractivity contribution in [2.75, 3.05) is 0 Å². The molecule has 0 radical (unpaired) electrons. The maximum atomic E-state index is 6.53. The summed E-state index contributed by atoms with van der Waals surface area (Å²) in [5, 5.41) is 0. The SMILES string of the molecule is c1ccc(Oc2ccc(Oc3cccc(Oc4ccc(Oc5ccccc5-c5ccccc5Oc5cccc(Oc6cccc(Oc7ccc(Oc8ccccc8)cc7)c6)c5)cc4)c3)cc2)cc1. The first-order valence-corrected chi connectivity index (χ1v) is 21.9. The molecule has 0 heterocycles. The molecule has 68 heavy (non-hydrogen) atoms. The van der Waals surface area contributed by atoms with Gasteiger partial charge in [-0.3, -0.25) is 0 Å². The zero-order chi connectivity index (χ0) is 45.7. The standard InChI is InChI=1S/C60H42O8/c1-3-14-43(15-4-1)61-45-28-32-47(33-29-45)63-51-18-11-19-52(40-51)65-49-36-38-50(39-37-49)67-59-26-9-7-24-57(59)58-25-8-10-27-60(58)68-56-23-13-22-55(42-56)66-54-21-12-20-53(41-54)64-48-34-30-46(31-35-48)62-44-16-5-2-6-17-44/h1-42H. The highest BCUT2D eigenvalue weighted by Gasteiger charge is 2.14. The zero-order valence-corrected chi connectivity index (χ0v) is 36.5. The van der Waals surface area contributed by atoms with Crippen molar-refractivity contribution in [1.29, 1.82) is 0 Å². The van der Waals surface area contributed by atoms with Gasteiger partial charge < -0.3 is 37.9 Å². The average Bonchev–Trinajstić information content (AvgIpc) is 3.37. The number of hydrogen-bond acceptors (Lipinski definition) is 8. The van der Waals surface area contributed by atoms with Crippen molar-refractivity contribution in [3.63, 3.8) is 0 Å². The second-order valence-electron chi connectivity index (χ2n) is 15.3. The minimum Gasteiger partial charge on any atom is -0.457 e. The number of rotatable bonds is 17. The van der Waals surface area contributed by atoms with E-state index in [1.165, 1.54) is 0 Å². The van der Waals surface area contributed by atoms with Crippen LogP contribution in [-0.2, 0) is 0 Å². The molecule has 0 amide bonds. The molecule has 0 aliphatic carbocycles. The Morgan fingerprint density at radius 3 is 0.691 bits per heavy atom. The summed E-state index contributed by atoms with van der Waals surface area (Å²) in [6.45, 7) is 0. The lowest BCUT2D eigenvalue weighted by atomic mass is 10.0. The largest absolute Gasteiger partial charge is 0.457 e. The Labute approximate surface area is 394 Å².